The van der Waals surface area contributed by atoms with Crippen molar-refractivity contribution in [1.82, 2.24) is 13.9 Å². The quantitative estimate of drug-likeness (QED) is 0.371. The van der Waals surface area contributed by atoms with E-state index >= 15 is 0 Å². The molecule has 176 valence electrons. The van der Waals surface area contributed by atoms with E-state index < -0.39 is 10.0 Å². The molecule has 0 saturated heterocycles. The zero-order chi connectivity index (χ0) is 24.3. The third-order valence-electron chi connectivity index (χ3n) is 5.11. The van der Waals surface area contributed by atoms with Crippen molar-refractivity contribution in [2.45, 2.75) is 10.1 Å². The maximum absolute atomic E-state index is 12.6. The van der Waals surface area contributed by atoms with E-state index in [0.717, 1.165) is 26.8 Å². The number of hydrogen-bond donors (Lipinski definition) is 1. The van der Waals surface area contributed by atoms with Crippen molar-refractivity contribution >= 4 is 44.4 Å². The third kappa shape index (κ3) is 4.93. The third-order valence-corrected chi connectivity index (χ3v) is 7.88. The first-order valence-electron chi connectivity index (χ1n) is 10.4. The summed E-state index contributed by atoms with van der Waals surface area (Å²) in [4.78, 5) is 17.5. The van der Waals surface area contributed by atoms with Gasteiger partial charge in [-0.15, -0.1) is 0 Å². The number of hydrogen-bond acceptors (Lipinski definition) is 6. The number of anilines is 1. The van der Waals surface area contributed by atoms with Gasteiger partial charge in [-0.05, 0) is 60.7 Å². The number of amides is 1. The van der Waals surface area contributed by atoms with E-state index in [9.17, 15) is 13.2 Å². The Hall–Kier alpha value is -3.34. The molecule has 1 N–H and O–H groups in total. The fourth-order valence-corrected chi connectivity index (χ4v) is 5.06. The predicted molar refractivity (Wildman–Crippen MR) is 134 cm³/mol. The van der Waals surface area contributed by atoms with Gasteiger partial charge in [-0.25, -0.2) is 17.7 Å². The summed E-state index contributed by atoms with van der Waals surface area (Å²) in [7, 11) is 1.05. The van der Waals surface area contributed by atoms with Crippen LogP contribution in [0.1, 0.15) is 0 Å². The van der Waals surface area contributed by atoms with Gasteiger partial charge in [-0.2, -0.15) is 0 Å². The summed E-state index contributed by atoms with van der Waals surface area (Å²) >= 11 is 1.32. The zero-order valence-corrected chi connectivity index (χ0v) is 20.6. The van der Waals surface area contributed by atoms with Crippen LogP contribution in [0.4, 0.5) is 5.69 Å². The Bertz CT molecular complexity index is 1410. The Balaban J connectivity index is 1.51. The van der Waals surface area contributed by atoms with Crippen LogP contribution < -0.4 is 10.1 Å². The Labute approximate surface area is 202 Å². The molecule has 4 rings (SSSR count). The molecule has 0 saturated carbocycles. The average Bonchev–Trinajstić information content (AvgIpc) is 3.21. The number of rotatable bonds is 8. The topological polar surface area (TPSA) is 93.5 Å². The minimum absolute atomic E-state index is 0.136. The van der Waals surface area contributed by atoms with Crippen molar-refractivity contribution in [2.24, 2.45) is 0 Å². The van der Waals surface area contributed by atoms with Crippen molar-refractivity contribution in [3.05, 3.63) is 72.8 Å². The van der Waals surface area contributed by atoms with Crippen LogP contribution in [0.2, 0.25) is 0 Å². The van der Waals surface area contributed by atoms with Crippen LogP contribution >= 0.6 is 11.8 Å². The Kier molecular flexibility index (Phi) is 6.92. The minimum Gasteiger partial charge on any atom is -0.497 e. The molecular weight excluding hydrogens is 472 g/mol. The van der Waals surface area contributed by atoms with E-state index in [1.165, 1.54) is 38.0 Å². The molecule has 1 heterocycles. The van der Waals surface area contributed by atoms with E-state index in [0.29, 0.717) is 10.8 Å². The van der Waals surface area contributed by atoms with Crippen molar-refractivity contribution < 1.29 is 17.9 Å². The van der Waals surface area contributed by atoms with Crippen molar-refractivity contribution in [3.8, 4) is 11.4 Å². The summed E-state index contributed by atoms with van der Waals surface area (Å²) in [5, 5.41) is 3.50. The molecule has 4 aromatic rings. The van der Waals surface area contributed by atoms with Crippen LogP contribution in [-0.2, 0) is 14.8 Å². The number of nitrogens with one attached hydrogen (secondary N) is 1. The Morgan fingerprint density at radius 1 is 1.03 bits per heavy atom. The summed E-state index contributed by atoms with van der Waals surface area (Å²) in [6.07, 6.45) is 0. The lowest BCUT2D eigenvalue weighted by atomic mass is 10.2. The molecule has 0 bridgehead atoms. The van der Waals surface area contributed by atoms with Gasteiger partial charge in [-0.1, -0.05) is 23.9 Å². The van der Waals surface area contributed by atoms with Crippen LogP contribution in [0.5, 0.6) is 5.75 Å². The fraction of sp³-hybridized carbons (Fsp3) is 0.167. The predicted octanol–water partition coefficient (Wildman–Crippen LogP) is 4.02. The summed E-state index contributed by atoms with van der Waals surface area (Å²) < 4.78 is 32.8. The molecule has 8 nitrogen and oxygen atoms in total. The largest absolute Gasteiger partial charge is 0.497 e. The molecule has 34 heavy (non-hydrogen) atoms. The van der Waals surface area contributed by atoms with Gasteiger partial charge in [0.25, 0.3) is 0 Å². The van der Waals surface area contributed by atoms with Crippen molar-refractivity contribution in [1.29, 1.82) is 0 Å². The minimum atomic E-state index is -3.52. The fourth-order valence-electron chi connectivity index (χ4n) is 3.33. The smallest absolute Gasteiger partial charge is 0.242 e. The Morgan fingerprint density at radius 2 is 1.71 bits per heavy atom. The highest BCUT2D eigenvalue weighted by molar-refractivity contribution is 7.99. The first kappa shape index (κ1) is 23.8. The number of carbonyl (C=O) groups excluding carboxylic acids is 1. The lowest BCUT2D eigenvalue weighted by Crippen LogP contribution is -2.22. The first-order valence-corrected chi connectivity index (χ1v) is 12.8. The average molecular weight is 497 g/mol. The van der Waals surface area contributed by atoms with Gasteiger partial charge in [0.15, 0.2) is 5.16 Å². The maximum Gasteiger partial charge on any atom is 0.242 e. The van der Waals surface area contributed by atoms with Crippen molar-refractivity contribution in [2.75, 3.05) is 32.3 Å². The van der Waals surface area contributed by atoms with Crippen molar-refractivity contribution in [3.63, 3.8) is 0 Å². The molecule has 0 unspecified atom stereocenters. The van der Waals surface area contributed by atoms with Crippen LogP contribution in [-0.4, -0.2) is 55.1 Å². The molecule has 3 aromatic carbocycles. The van der Waals surface area contributed by atoms with Crippen LogP contribution in [0.3, 0.4) is 0 Å². The molecule has 1 amide bonds. The van der Waals surface area contributed by atoms with Gasteiger partial charge >= 0.3 is 0 Å². The number of imidazole rings is 1. The molecule has 0 atom stereocenters. The lowest BCUT2D eigenvalue weighted by Gasteiger charge is -2.12. The second kappa shape index (κ2) is 9.88. The number of para-hydroxylation sites is 2. The highest BCUT2D eigenvalue weighted by atomic mass is 32.2. The van der Waals surface area contributed by atoms with Gasteiger partial charge < -0.3 is 10.1 Å². The second-order valence-electron chi connectivity index (χ2n) is 7.57. The number of sulfonamides is 1. The number of ether oxygens (including phenoxy) is 1. The standard InChI is InChI=1S/C24H24N4O4S2/c1-27(2)34(30,31)20-14-8-17(9-15-20)25-23(29)16-33-24-26-21-6-4-5-7-22(21)28(24)18-10-12-19(32-3)13-11-18/h4-15H,16H2,1-3H3,(H,25,29). The normalized spacial score (nSPS) is 11.6. The van der Waals surface area contributed by atoms with Gasteiger partial charge in [0.1, 0.15) is 5.75 Å². The molecule has 1 aromatic heterocycles. The first-order chi connectivity index (χ1) is 16.3. The number of carbonyl (C=O) groups is 1. The van der Waals surface area contributed by atoms with Gasteiger partial charge in [0, 0.05) is 25.5 Å². The van der Waals surface area contributed by atoms with Crippen LogP contribution in [0.15, 0.2) is 82.8 Å². The van der Waals surface area contributed by atoms with E-state index in [1.54, 1.807) is 19.2 Å². The van der Waals surface area contributed by atoms with E-state index in [4.69, 9.17) is 9.72 Å². The van der Waals surface area contributed by atoms with E-state index in [2.05, 4.69) is 5.32 Å². The monoisotopic (exact) mass is 496 g/mol. The number of methoxy groups -OCH3 is 1. The summed E-state index contributed by atoms with van der Waals surface area (Å²) in [6.45, 7) is 0. The van der Waals surface area contributed by atoms with Crippen LogP contribution in [0, 0.1) is 0 Å². The van der Waals surface area contributed by atoms with E-state index in [1.807, 2.05) is 53.1 Å². The molecule has 0 aliphatic carbocycles. The van der Waals surface area contributed by atoms with Gasteiger partial charge in [0.2, 0.25) is 15.9 Å². The number of benzene rings is 3. The van der Waals surface area contributed by atoms with Gasteiger partial charge in [0.05, 0.1) is 28.8 Å². The molecule has 0 aliphatic heterocycles. The summed E-state index contributed by atoms with van der Waals surface area (Å²) in [5.74, 6) is 0.671. The highest BCUT2D eigenvalue weighted by Gasteiger charge is 2.17. The zero-order valence-electron chi connectivity index (χ0n) is 18.9. The molecule has 0 fully saturated rings. The SMILES string of the molecule is COc1ccc(-n2c(SCC(=O)Nc3ccc(S(=O)(=O)N(C)C)cc3)nc3ccccc32)cc1. The number of nitrogens with zero attached hydrogens (tertiary/aromatic N) is 3. The number of aromatic nitrogens is 2. The maximum atomic E-state index is 12.6. The second-order valence-corrected chi connectivity index (χ2v) is 10.7. The molecular formula is C24H24N4O4S2. The van der Waals surface area contributed by atoms with E-state index in [-0.39, 0.29) is 16.6 Å². The highest BCUT2D eigenvalue weighted by Crippen LogP contribution is 2.29. The summed E-state index contributed by atoms with van der Waals surface area (Å²) in [6, 6.07) is 21.5. The molecule has 0 aliphatic rings. The van der Waals surface area contributed by atoms with Crippen LogP contribution in [0.25, 0.3) is 16.7 Å². The van der Waals surface area contributed by atoms with Gasteiger partial charge in [-0.3, -0.25) is 9.36 Å². The lowest BCUT2D eigenvalue weighted by molar-refractivity contribution is -0.113. The molecule has 0 radical (unpaired) electrons. The summed E-state index contributed by atoms with van der Waals surface area (Å²) in [5.41, 5.74) is 3.20. The number of thioether (sulfide) groups is 1. The molecule has 0 spiro atoms. The molecule has 10 heteroatoms. The number of fused-ring (bicyclic) bond motifs is 1. The Morgan fingerprint density at radius 3 is 2.35 bits per heavy atom.